The second-order valence-corrected chi connectivity index (χ2v) is 3.96. The molecule has 0 aliphatic rings. The van der Waals surface area contributed by atoms with Crippen molar-refractivity contribution in [1.29, 1.82) is 0 Å². The minimum absolute atomic E-state index is 0.351. The van der Waals surface area contributed by atoms with Gasteiger partial charge in [0.05, 0.1) is 0 Å². The zero-order chi connectivity index (χ0) is 12.1. The van der Waals surface area contributed by atoms with Crippen LogP contribution in [0.4, 0.5) is 0 Å². The number of halogens is 1. The first-order valence-electron chi connectivity index (χ1n) is 5.03. The van der Waals surface area contributed by atoms with Gasteiger partial charge < -0.3 is 14.2 Å². The molecule has 0 fully saturated rings. The predicted molar refractivity (Wildman–Crippen MR) is 64.2 cm³/mol. The van der Waals surface area contributed by atoms with E-state index in [9.17, 15) is 0 Å². The Morgan fingerprint density at radius 2 is 1.62 bits per heavy atom. The third-order valence-corrected chi connectivity index (χ3v) is 2.92. The molecule has 0 unspecified atom stereocenters. The maximum absolute atomic E-state index is 6.06. The Kier molecular flexibility index (Phi) is 5.06. The van der Waals surface area contributed by atoms with Gasteiger partial charge in [-0.3, -0.25) is 0 Å². The molecule has 90 valence electrons. The summed E-state index contributed by atoms with van der Waals surface area (Å²) in [6.07, 6.45) is -0.351. The van der Waals surface area contributed by atoms with E-state index in [1.165, 1.54) is 0 Å². The first-order valence-corrected chi connectivity index (χ1v) is 5.41. The van der Waals surface area contributed by atoms with Crippen LogP contribution in [0.5, 0.6) is 5.75 Å². The molecule has 0 aliphatic carbocycles. The molecule has 0 saturated carbocycles. The van der Waals surface area contributed by atoms with Crippen molar-refractivity contribution in [1.82, 2.24) is 0 Å². The van der Waals surface area contributed by atoms with Crippen molar-refractivity contribution >= 4 is 11.6 Å². The number of hydrogen-bond donors (Lipinski definition) is 0. The van der Waals surface area contributed by atoms with Gasteiger partial charge in [0.25, 0.3) is 0 Å². The maximum atomic E-state index is 6.06. The third kappa shape index (κ3) is 3.37. The number of hydrogen-bond acceptors (Lipinski definition) is 3. The SMILES string of the molecule is COC(COc1cc(C)c(Cl)c(C)c1)OC. The summed E-state index contributed by atoms with van der Waals surface area (Å²) in [5.41, 5.74) is 2.01. The summed E-state index contributed by atoms with van der Waals surface area (Å²) < 4.78 is 15.6. The van der Waals surface area contributed by atoms with Crippen molar-refractivity contribution in [2.45, 2.75) is 20.1 Å². The van der Waals surface area contributed by atoms with Crippen molar-refractivity contribution < 1.29 is 14.2 Å². The van der Waals surface area contributed by atoms with E-state index in [1.807, 2.05) is 26.0 Å². The number of aryl methyl sites for hydroxylation is 2. The van der Waals surface area contributed by atoms with Crippen LogP contribution in [0.2, 0.25) is 5.02 Å². The summed E-state index contributed by atoms with van der Waals surface area (Å²) in [4.78, 5) is 0. The fraction of sp³-hybridized carbons (Fsp3) is 0.500. The molecule has 4 heteroatoms. The summed E-state index contributed by atoms with van der Waals surface area (Å²) in [5.74, 6) is 0.776. The van der Waals surface area contributed by atoms with E-state index in [1.54, 1.807) is 14.2 Å². The normalized spacial score (nSPS) is 10.9. The van der Waals surface area contributed by atoms with Gasteiger partial charge in [-0.2, -0.15) is 0 Å². The van der Waals surface area contributed by atoms with E-state index in [4.69, 9.17) is 25.8 Å². The lowest BCUT2D eigenvalue weighted by Gasteiger charge is -2.15. The van der Waals surface area contributed by atoms with E-state index in [0.717, 1.165) is 21.9 Å². The first-order chi connectivity index (χ1) is 7.58. The lowest BCUT2D eigenvalue weighted by Crippen LogP contribution is -2.22. The molecule has 0 atom stereocenters. The summed E-state index contributed by atoms with van der Waals surface area (Å²) in [6.45, 7) is 4.26. The largest absolute Gasteiger partial charge is 0.488 e. The minimum Gasteiger partial charge on any atom is -0.488 e. The molecule has 1 aromatic carbocycles. The number of rotatable bonds is 5. The highest BCUT2D eigenvalue weighted by atomic mass is 35.5. The zero-order valence-electron chi connectivity index (χ0n) is 10.0. The van der Waals surface area contributed by atoms with Crippen LogP contribution in [0.15, 0.2) is 12.1 Å². The third-order valence-electron chi connectivity index (χ3n) is 2.32. The van der Waals surface area contributed by atoms with Gasteiger partial charge in [0.15, 0.2) is 6.29 Å². The van der Waals surface area contributed by atoms with Crippen molar-refractivity contribution in [2.75, 3.05) is 20.8 Å². The highest BCUT2D eigenvalue weighted by Crippen LogP contribution is 2.25. The van der Waals surface area contributed by atoms with Gasteiger partial charge in [-0.05, 0) is 37.1 Å². The molecule has 0 spiro atoms. The van der Waals surface area contributed by atoms with Crippen LogP contribution in [0, 0.1) is 13.8 Å². The van der Waals surface area contributed by atoms with Crippen LogP contribution in [0.1, 0.15) is 11.1 Å². The van der Waals surface area contributed by atoms with E-state index < -0.39 is 0 Å². The summed E-state index contributed by atoms with van der Waals surface area (Å²) >= 11 is 6.06. The van der Waals surface area contributed by atoms with E-state index >= 15 is 0 Å². The average molecular weight is 245 g/mol. The van der Waals surface area contributed by atoms with Gasteiger partial charge in [0.1, 0.15) is 12.4 Å². The lowest BCUT2D eigenvalue weighted by molar-refractivity contribution is -0.121. The second kappa shape index (κ2) is 6.09. The fourth-order valence-corrected chi connectivity index (χ4v) is 1.50. The van der Waals surface area contributed by atoms with Gasteiger partial charge >= 0.3 is 0 Å². The predicted octanol–water partition coefficient (Wildman–Crippen LogP) is 2.95. The van der Waals surface area contributed by atoms with Crippen molar-refractivity contribution in [3.8, 4) is 5.75 Å². The monoisotopic (exact) mass is 244 g/mol. The standard InChI is InChI=1S/C12H17ClO3/c1-8-5-10(6-9(2)12(8)13)16-7-11(14-3)15-4/h5-6,11H,7H2,1-4H3. The Balaban J connectivity index is 2.68. The molecule has 0 saturated heterocycles. The molecular formula is C12H17ClO3. The van der Waals surface area contributed by atoms with Crippen LogP contribution in [0.25, 0.3) is 0 Å². The fourth-order valence-electron chi connectivity index (χ4n) is 1.39. The molecule has 0 aromatic heterocycles. The van der Waals surface area contributed by atoms with Crippen molar-refractivity contribution in [2.24, 2.45) is 0 Å². The van der Waals surface area contributed by atoms with E-state index in [0.29, 0.717) is 6.61 Å². The molecule has 0 N–H and O–H groups in total. The molecule has 0 heterocycles. The molecular weight excluding hydrogens is 228 g/mol. The van der Waals surface area contributed by atoms with E-state index in [-0.39, 0.29) is 6.29 Å². The second-order valence-electron chi connectivity index (χ2n) is 3.58. The molecule has 0 bridgehead atoms. The van der Waals surface area contributed by atoms with Crippen LogP contribution >= 0.6 is 11.6 Å². The minimum atomic E-state index is -0.351. The topological polar surface area (TPSA) is 27.7 Å². The first kappa shape index (κ1) is 13.3. The Labute approximate surface area is 101 Å². The summed E-state index contributed by atoms with van der Waals surface area (Å²) in [5, 5.41) is 0.780. The Morgan fingerprint density at radius 1 is 1.12 bits per heavy atom. The van der Waals surface area contributed by atoms with Gasteiger partial charge in [-0.25, -0.2) is 0 Å². The lowest BCUT2D eigenvalue weighted by atomic mass is 10.1. The van der Waals surface area contributed by atoms with Gasteiger partial charge in [0, 0.05) is 19.2 Å². The number of methoxy groups -OCH3 is 2. The molecule has 1 rings (SSSR count). The number of ether oxygens (including phenoxy) is 3. The van der Waals surface area contributed by atoms with Crippen LogP contribution < -0.4 is 4.74 Å². The molecule has 0 radical (unpaired) electrons. The quantitative estimate of drug-likeness (QED) is 0.746. The summed E-state index contributed by atoms with van der Waals surface area (Å²) in [7, 11) is 3.16. The van der Waals surface area contributed by atoms with Gasteiger partial charge in [0.2, 0.25) is 0 Å². The molecule has 0 amide bonds. The molecule has 3 nitrogen and oxygen atoms in total. The van der Waals surface area contributed by atoms with E-state index in [2.05, 4.69) is 0 Å². The van der Waals surface area contributed by atoms with Gasteiger partial charge in [-0.1, -0.05) is 11.6 Å². The smallest absolute Gasteiger partial charge is 0.191 e. The Bertz CT molecular complexity index is 325. The average Bonchev–Trinajstić information content (AvgIpc) is 2.27. The highest BCUT2D eigenvalue weighted by molar-refractivity contribution is 6.32. The zero-order valence-corrected chi connectivity index (χ0v) is 10.8. The van der Waals surface area contributed by atoms with Gasteiger partial charge in [-0.15, -0.1) is 0 Å². The molecule has 0 aliphatic heterocycles. The Hall–Kier alpha value is -0.770. The Morgan fingerprint density at radius 3 is 2.06 bits per heavy atom. The summed E-state index contributed by atoms with van der Waals surface area (Å²) in [6, 6.07) is 3.80. The maximum Gasteiger partial charge on any atom is 0.191 e. The van der Waals surface area contributed by atoms with Crippen molar-refractivity contribution in [3.63, 3.8) is 0 Å². The number of benzene rings is 1. The van der Waals surface area contributed by atoms with Crippen LogP contribution in [-0.4, -0.2) is 27.1 Å². The van der Waals surface area contributed by atoms with Crippen LogP contribution in [-0.2, 0) is 9.47 Å². The molecule has 1 aromatic rings. The molecule has 16 heavy (non-hydrogen) atoms. The highest BCUT2D eigenvalue weighted by Gasteiger charge is 2.08. The van der Waals surface area contributed by atoms with Crippen molar-refractivity contribution in [3.05, 3.63) is 28.3 Å². The van der Waals surface area contributed by atoms with Crippen LogP contribution in [0.3, 0.4) is 0 Å².